The molecule has 112 valence electrons. The minimum atomic E-state index is -0.440. The molecular formula is C14H18N4O3. The molecule has 2 rings (SSSR count). The maximum Gasteiger partial charge on any atom is 0.338 e. The van der Waals surface area contributed by atoms with Gasteiger partial charge in [-0.1, -0.05) is 0 Å². The van der Waals surface area contributed by atoms with Crippen LogP contribution in [-0.4, -0.2) is 34.2 Å². The molecule has 0 aliphatic carbocycles. The smallest absolute Gasteiger partial charge is 0.338 e. The molecule has 0 saturated heterocycles. The number of nitrogens with two attached hydrogens (primary N) is 1. The number of anilines is 1. The van der Waals surface area contributed by atoms with E-state index in [-0.39, 0.29) is 6.10 Å². The number of methoxy groups -OCH3 is 1. The summed E-state index contributed by atoms with van der Waals surface area (Å²) in [4.78, 5) is 13.5. The van der Waals surface area contributed by atoms with E-state index in [1.807, 2.05) is 0 Å². The van der Waals surface area contributed by atoms with Crippen LogP contribution in [0.1, 0.15) is 24.2 Å². The van der Waals surface area contributed by atoms with Gasteiger partial charge in [0, 0.05) is 12.6 Å². The highest BCUT2D eigenvalue weighted by molar-refractivity contribution is 5.94. The Kier molecular flexibility index (Phi) is 4.11. The molecule has 0 radical (unpaired) electrons. The molecule has 0 bridgehead atoms. The van der Waals surface area contributed by atoms with E-state index in [0.29, 0.717) is 28.3 Å². The number of hydrogen-bond donors (Lipinski definition) is 1. The summed E-state index contributed by atoms with van der Waals surface area (Å²) >= 11 is 0. The first-order chi connectivity index (χ1) is 9.92. The fourth-order valence-corrected chi connectivity index (χ4v) is 1.94. The summed E-state index contributed by atoms with van der Waals surface area (Å²) in [5.41, 5.74) is 7.82. The van der Waals surface area contributed by atoms with Crippen molar-refractivity contribution in [3.63, 3.8) is 0 Å². The van der Waals surface area contributed by atoms with Crippen molar-refractivity contribution in [1.82, 2.24) is 15.0 Å². The molecule has 1 aromatic carbocycles. The van der Waals surface area contributed by atoms with Gasteiger partial charge in [-0.15, -0.1) is 0 Å². The molecule has 2 aromatic rings. The number of rotatable bonds is 4. The minimum absolute atomic E-state index is 0.208. The second-order valence-corrected chi connectivity index (χ2v) is 4.82. The van der Waals surface area contributed by atoms with E-state index >= 15 is 0 Å². The molecule has 0 saturated carbocycles. The molecule has 1 aromatic heterocycles. The first kappa shape index (κ1) is 14.8. The van der Waals surface area contributed by atoms with Gasteiger partial charge in [0.25, 0.3) is 0 Å². The summed E-state index contributed by atoms with van der Waals surface area (Å²) in [6.45, 7) is 3.57. The molecule has 21 heavy (non-hydrogen) atoms. The number of ether oxygens (including phenoxy) is 2. The van der Waals surface area contributed by atoms with Gasteiger partial charge in [-0.25, -0.2) is 4.79 Å². The summed E-state index contributed by atoms with van der Waals surface area (Å²) in [7, 11) is 3.22. The average Bonchev–Trinajstić information content (AvgIpc) is 2.83. The number of benzene rings is 1. The van der Waals surface area contributed by atoms with Gasteiger partial charge in [0.15, 0.2) is 5.75 Å². The predicted molar refractivity (Wildman–Crippen MR) is 78.0 cm³/mol. The first-order valence-electron chi connectivity index (χ1n) is 6.47. The Labute approximate surface area is 122 Å². The number of nitrogens with zero attached hydrogens (tertiary/aromatic N) is 3. The topological polar surface area (TPSA) is 92.3 Å². The third kappa shape index (κ3) is 3.13. The van der Waals surface area contributed by atoms with Crippen molar-refractivity contribution in [3.05, 3.63) is 23.9 Å². The van der Waals surface area contributed by atoms with E-state index in [0.717, 1.165) is 0 Å². The molecule has 7 heteroatoms. The molecule has 1 heterocycles. The third-order valence-electron chi connectivity index (χ3n) is 2.78. The van der Waals surface area contributed by atoms with E-state index in [1.54, 1.807) is 33.2 Å². The lowest BCUT2D eigenvalue weighted by atomic mass is 10.1. The molecule has 0 aliphatic rings. The summed E-state index contributed by atoms with van der Waals surface area (Å²) in [6.07, 6.45) is 1.37. The van der Waals surface area contributed by atoms with Crippen molar-refractivity contribution in [2.45, 2.75) is 20.0 Å². The number of aromatic nitrogens is 3. The van der Waals surface area contributed by atoms with E-state index in [2.05, 4.69) is 10.2 Å². The van der Waals surface area contributed by atoms with Crippen molar-refractivity contribution in [2.24, 2.45) is 7.05 Å². The van der Waals surface area contributed by atoms with Crippen molar-refractivity contribution >= 4 is 11.7 Å². The van der Waals surface area contributed by atoms with Crippen LogP contribution in [0.25, 0.3) is 11.3 Å². The second kappa shape index (κ2) is 5.82. The lowest BCUT2D eigenvalue weighted by Gasteiger charge is -2.13. The van der Waals surface area contributed by atoms with Crippen molar-refractivity contribution in [3.8, 4) is 17.0 Å². The summed E-state index contributed by atoms with van der Waals surface area (Å²) in [6, 6.07) is 3.17. The maximum absolute atomic E-state index is 12.0. The van der Waals surface area contributed by atoms with Crippen LogP contribution in [0.2, 0.25) is 0 Å². The van der Waals surface area contributed by atoms with E-state index in [9.17, 15) is 4.79 Å². The zero-order valence-corrected chi connectivity index (χ0v) is 12.5. The maximum atomic E-state index is 12.0. The molecule has 0 unspecified atom stereocenters. The van der Waals surface area contributed by atoms with Gasteiger partial charge < -0.3 is 15.2 Å². The number of esters is 1. The number of aryl methyl sites for hydroxylation is 1. The molecule has 0 amide bonds. The first-order valence-corrected chi connectivity index (χ1v) is 6.47. The largest absolute Gasteiger partial charge is 0.494 e. The van der Waals surface area contributed by atoms with E-state index < -0.39 is 5.97 Å². The van der Waals surface area contributed by atoms with Crippen LogP contribution in [0.15, 0.2) is 18.3 Å². The Morgan fingerprint density at radius 1 is 1.38 bits per heavy atom. The molecule has 0 spiro atoms. The standard InChI is InChI=1S/C14H18N4O3/c1-8(2)21-14(19)9-5-10(12-7-16-18(3)17-12)13(20-4)11(15)6-9/h5-8H,15H2,1-4H3. The molecule has 0 atom stereocenters. The molecule has 2 N–H and O–H groups in total. The van der Waals surface area contributed by atoms with Crippen LogP contribution in [0.3, 0.4) is 0 Å². The summed E-state index contributed by atoms with van der Waals surface area (Å²) in [5, 5.41) is 8.22. The van der Waals surface area contributed by atoms with Crippen molar-refractivity contribution in [2.75, 3.05) is 12.8 Å². The Balaban J connectivity index is 2.52. The van der Waals surface area contributed by atoms with Gasteiger partial charge in [-0.05, 0) is 26.0 Å². The van der Waals surface area contributed by atoms with Crippen LogP contribution < -0.4 is 10.5 Å². The van der Waals surface area contributed by atoms with Crippen molar-refractivity contribution < 1.29 is 14.3 Å². The fourth-order valence-electron chi connectivity index (χ4n) is 1.94. The SMILES string of the molecule is COc1c(N)cc(C(=O)OC(C)C)cc1-c1cnn(C)n1. The minimum Gasteiger partial charge on any atom is -0.494 e. The zero-order chi connectivity index (χ0) is 15.6. The van der Waals surface area contributed by atoms with Crippen LogP contribution in [0.4, 0.5) is 5.69 Å². The quantitative estimate of drug-likeness (QED) is 0.679. The number of carbonyl (C=O) groups is 1. The van der Waals surface area contributed by atoms with Crippen LogP contribution in [-0.2, 0) is 11.8 Å². The van der Waals surface area contributed by atoms with Gasteiger partial charge in [0.05, 0.1) is 30.7 Å². The highest BCUT2D eigenvalue weighted by Crippen LogP contribution is 2.35. The second-order valence-electron chi connectivity index (χ2n) is 4.82. The number of carbonyl (C=O) groups excluding carboxylic acids is 1. The highest BCUT2D eigenvalue weighted by atomic mass is 16.5. The normalized spacial score (nSPS) is 10.7. The number of hydrogen-bond acceptors (Lipinski definition) is 6. The van der Waals surface area contributed by atoms with Crippen LogP contribution in [0.5, 0.6) is 5.75 Å². The highest BCUT2D eigenvalue weighted by Gasteiger charge is 2.18. The lowest BCUT2D eigenvalue weighted by Crippen LogP contribution is -2.12. The summed E-state index contributed by atoms with van der Waals surface area (Å²) in [5.74, 6) is 0.0149. The van der Waals surface area contributed by atoms with Crippen LogP contribution >= 0.6 is 0 Å². The Hall–Kier alpha value is -2.57. The zero-order valence-electron chi connectivity index (χ0n) is 12.5. The van der Waals surface area contributed by atoms with E-state index in [1.165, 1.54) is 18.0 Å². The molecular weight excluding hydrogens is 272 g/mol. The van der Waals surface area contributed by atoms with Gasteiger partial charge >= 0.3 is 5.97 Å². The van der Waals surface area contributed by atoms with Crippen LogP contribution in [0, 0.1) is 0 Å². The average molecular weight is 290 g/mol. The summed E-state index contributed by atoms with van der Waals surface area (Å²) < 4.78 is 10.5. The fraction of sp³-hybridized carbons (Fsp3) is 0.357. The van der Waals surface area contributed by atoms with Gasteiger partial charge in [-0.3, -0.25) is 0 Å². The Morgan fingerprint density at radius 3 is 2.62 bits per heavy atom. The third-order valence-corrected chi connectivity index (χ3v) is 2.78. The van der Waals surface area contributed by atoms with Gasteiger partial charge in [0.1, 0.15) is 5.69 Å². The Bertz CT molecular complexity index is 664. The van der Waals surface area contributed by atoms with Gasteiger partial charge in [-0.2, -0.15) is 15.0 Å². The Morgan fingerprint density at radius 2 is 2.10 bits per heavy atom. The van der Waals surface area contributed by atoms with Gasteiger partial charge in [0.2, 0.25) is 0 Å². The molecule has 7 nitrogen and oxygen atoms in total. The number of nitrogen functional groups attached to an aromatic ring is 1. The predicted octanol–water partition coefficient (Wildman–Crippen LogP) is 1.64. The molecule has 0 fully saturated rings. The monoisotopic (exact) mass is 290 g/mol. The molecule has 0 aliphatic heterocycles. The van der Waals surface area contributed by atoms with E-state index in [4.69, 9.17) is 15.2 Å². The lowest BCUT2D eigenvalue weighted by molar-refractivity contribution is 0.0378. The van der Waals surface area contributed by atoms with Crippen molar-refractivity contribution in [1.29, 1.82) is 0 Å².